The van der Waals surface area contributed by atoms with Crippen LogP contribution in [-0.2, 0) is 19.9 Å². The number of ether oxygens (including phenoxy) is 2. The number of halogens is 3. The summed E-state index contributed by atoms with van der Waals surface area (Å²) in [6.45, 7) is 2.41. The molecular weight excluding hydrogens is 628 g/mol. The molecule has 10 nitrogen and oxygen atoms in total. The highest BCUT2D eigenvalue weighted by Crippen LogP contribution is 2.32. The van der Waals surface area contributed by atoms with Crippen molar-refractivity contribution in [1.82, 2.24) is 29.6 Å². The Hall–Kier alpha value is -5.07. The second-order valence-corrected chi connectivity index (χ2v) is 12.2. The van der Waals surface area contributed by atoms with Gasteiger partial charge in [-0.15, -0.1) is 5.10 Å². The maximum Gasteiger partial charge on any atom is 0.255 e. The molecule has 1 amide bonds. The molecule has 47 heavy (non-hydrogen) atoms. The Kier molecular flexibility index (Phi) is 7.45. The highest BCUT2D eigenvalue weighted by molar-refractivity contribution is 6.30. The first-order valence-corrected chi connectivity index (χ1v) is 15.6. The van der Waals surface area contributed by atoms with Gasteiger partial charge in [0.15, 0.2) is 6.73 Å². The number of nitrogens with one attached hydrogen (secondary N) is 2. The first-order chi connectivity index (χ1) is 22.9. The molecule has 6 bridgehead atoms. The first kappa shape index (κ1) is 29.3. The van der Waals surface area contributed by atoms with E-state index in [1.165, 1.54) is 18.2 Å². The molecule has 3 aromatic carbocycles. The summed E-state index contributed by atoms with van der Waals surface area (Å²) < 4.78 is 42.9. The third-order valence-electron chi connectivity index (χ3n) is 8.79. The number of anilines is 1. The number of H-pyrrole nitrogens is 1. The fourth-order valence-electron chi connectivity index (χ4n) is 6.24. The van der Waals surface area contributed by atoms with Crippen LogP contribution >= 0.6 is 11.6 Å². The molecule has 0 saturated carbocycles. The van der Waals surface area contributed by atoms with Gasteiger partial charge in [0.25, 0.3) is 5.91 Å². The Labute approximate surface area is 272 Å². The van der Waals surface area contributed by atoms with Crippen LogP contribution in [0.5, 0.6) is 11.8 Å². The molecule has 0 radical (unpaired) electrons. The normalized spacial score (nSPS) is 15.5. The standard InChI is InChI=1S/C34H28ClF2N7O3/c35-22-6-4-21(24(36)13-22)17-46-32-3-1-2-26(39-32)19-8-10-43(11-9-19)16-31-38-29-12-20-5-7-30(29)44(31)18-47-34-23-14-28(40-33(20)45)25(37)15-27(23)41-42-34/h1-7,12-15,19H,8-11,16-18H2,(H,40,45)(H,41,42). The number of aromatic nitrogens is 5. The Morgan fingerprint density at radius 3 is 2.72 bits per heavy atom. The van der Waals surface area contributed by atoms with Crippen molar-refractivity contribution in [3.63, 3.8) is 0 Å². The molecule has 1 fully saturated rings. The lowest BCUT2D eigenvalue weighted by Gasteiger charge is -2.31. The summed E-state index contributed by atoms with van der Waals surface area (Å²) in [4.78, 5) is 25.1. The number of rotatable bonds is 6. The van der Waals surface area contributed by atoms with Gasteiger partial charge in [-0.2, -0.15) is 0 Å². The quantitative estimate of drug-likeness (QED) is 0.203. The summed E-state index contributed by atoms with van der Waals surface area (Å²) in [7, 11) is 0. The van der Waals surface area contributed by atoms with Gasteiger partial charge < -0.3 is 14.8 Å². The monoisotopic (exact) mass is 655 g/mol. The van der Waals surface area contributed by atoms with Crippen molar-refractivity contribution in [2.75, 3.05) is 18.4 Å². The number of benzene rings is 3. The highest BCUT2D eigenvalue weighted by atomic mass is 35.5. The lowest BCUT2D eigenvalue weighted by Crippen LogP contribution is -2.33. The molecule has 238 valence electrons. The Morgan fingerprint density at radius 2 is 1.87 bits per heavy atom. The molecule has 9 rings (SSSR count). The molecule has 3 aliphatic rings. The van der Waals surface area contributed by atoms with E-state index in [0.717, 1.165) is 43.0 Å². The minimum atomic E-state index is -0.576. The molecule has 0 atom stereocenters. The van der Waals surface area contributed by atoms with Crippen molar-refractivity contribution in [3.05, 3.63) is 106 Å². The lowest BCUT2D eigenvalue weighted by molar-refractivity contribution is 0.102. The average molecular weight is 656 g/mol. The van der Waals surface area contributed by atoms with Crippen LogP contribution in [0.2, 0.25) is 5.02 Å². The number of carbonyl (C=O) groups excluding carboxylic acids is 1. The number of imidazole rings is 1. The first-order valence-electron chi connectivity index (χ1n) is 15.2. The number of amides is 1. The van der Waals surface area contributed by atoms with Crippen LogP contribution in [0.25, 0.3) is 21.9 Å². The number of likely N-dealkylation sites (tertiary alicyclic amines) is 1. The van der Waals surface area contributed by atoms with Crippen LogP contribution in [0.1, 0.15) is 46.2 Å². The van der Waals surface area contributed by atoms with E-state index >= 15 is 0 Å². The van der Waals surface area contributed by atoms with Crippen molar-refractivity contribution < 1.29 is 23.0 Å². The number of fused-ring (bicyclic) bond motifs is 3. The summed E-state index contributed by atoms with van der Waals surface area (Å²) in [5.74, 6) is 0.372. The molecule has 6 aromatic rings. The summed E-state index contributed by atoms with van der Waals surface area (Å²) in [6, 6.07) is 18.3. The molecule has 6 heterocycles. The minimum absolute atomic E-state index is 0.0444. The van der Waals surface area contributed by atoms with Crippen LogP contribution in [0.4, 0.5) is 14.5 Å². The summed E-state index contributed by atoms with van der Waals surface area (Å²) in [6.07, 6.45) is 1.78. The molecule has 13 heteroatoms. The number of carbonyl (C=O) groups is 1. The zero-order valence-electron chi connectivity index (χ0n) is 25.0. The fraction of sp³-hybridized carbons (Fsp3) is 0.235. The van der Waals surface area contributed by atoms with E-state index in [9.17, 15) is 13.6 Å². The van der Waals surface area contributed by atoms with Crippen LogP contribution in [0.15, 0.2) is 66.7 Å². The van der Waals surface area contributed by atoms with Crippen molar-refractivity contribution in [3.8, 4) is 11.8 Å². The second kappa shape index (κ2) is 11.9. The molecule has 0 spiro atoms. The molecule has 3 aromatic heterocycles. The van der Waals surface area contributed by atoms with E-state index in [1.54, 1.807) is 30.3 Å². The maximum atomic E-state index is 14.7. The number of nitrogens with zero attached hydrogens (tertiary/aromatic N) is 5. The average Bonchev–Trinajstić information content (AvgIpc) is 3.62. The van der Waals surface area contributed by atoms with E-state index in [-0.39, 0.29) is 24.9 Å². The zero-order chi connectivity index (χ0) is 32.1. The molecular formula is C34H28ClF2N7O3. The molecule has 2 N–H and O–H groups in total. The van der Waals surface area contributed by atoms with Gasteiger partial charge in [-0.25, -0.2) is 18.7 Å². The van der Waals surface area contributed by atoms with E-state index in [1.807, 2.05) is 22.8 Å². The number of hydrogen-bond acceptors (Lipinski definition) is 7. The maximum absolute atomic E-state index is 14.7. The van der Waals surface area contributed by atoms with Crippen LogP contribution in [-0.4, -0.2) is 48.6 Å². The third kappa shape index (κ3) is 5.74. The predicted octanol–water partition coefficient (Wildman–Crippen LogP) is 6.80. The molecule has 1 saturated heterocycles. The van der Waals surface area contributed by atoms with Gasteiger partial charge in [0, 0.05) is 39.9 Å². The van der Waals surface area contributed by atoms with Gasteiger partial charge in [0.05, 0.1) is 34.2 Å². The zero-order valence-corrected chi connectivity index (χ0v) is 25.7. The fourth-order valence-corrected chi connectivity index (χ4v) is 6.40. The van der Waals surface area contributed by atoms with E-state index in [0.29, 0.717) is 50.9 Å². The second-order valence-electron chi connectivity index (χ2n) is 11.8. The largest absolute Gasteiger partial charge is 0.473 e. The van der Waals surface area contributed by atoms with Crippen LogP contribution < -0.4 is 14.8 Å². The van der Waals surface area contributed by atoms with Gasteiger partial charge in [0.1, 0.15) is 24.1 Å². The van der Waals surface area contributed by atoms with Crippen molar-refractivity contribution in [2.45, 2.75) is 38.6 Å². The van der Waals surface area contributed by atoms with E-state index in [4.69, 9.17) is 31.0 Å². The summed E-state index contributed by atoms with van der Waals surface area (Å²) in [5.41, 5.74) is 3.70. The van der Waals surface area contributed by atoms with Gasteiger partial charge >= 0.3 is 0 Å². The topological polar surface area (TPSA) is 110 Å². The van der Waals surface area contributed by atoms with Crippen molar-refractivity contribution >= 4 is 45.1 Å². The molecule has 0 aliphatic carbocycles. The van der Waals surface area contributed by atoms with Crippen LogP contribution in [0.3, 0.4) is 0 Å². The smallest absolute Gasteiger partial charge is 0.255 e. The lowest BCUT2D eigenvalue weighted by atomic mass is 9.93. The van der Waals surface area contributed by atoms with E-state index in [2.05, 4.69) is 20.4 Å². The molecule has 3 aliphatic heterocycles. The van der Waals surface area contributed by atoms with Gasteiger partial charge in [0.2, 0.25) is 11.8 Å². The third-order valence-corrected chi connectivity index (χ3v) is 9.03. The number of piperidine rings is 1. The van der Waals surface area contributed by atoms with Gasteiger partial charge in [-0.1, -0.05) is 23.7 Å². The van der Waals surface area contributed by atoms with Crippen LogP contribution in [0, 0.1) is 11.6 Å². The van der Waals surface area contributed by atoms with Gasteiger partial charge in [-0.05, 0) is 68.4 Å². The summed E-state index contributed by atoms with van der Waals surface area (Å²) in [5, 5.41) is 10.6. The van der Waals surface area contributed by atoms with Crippen molar-refractivity contribution in [1.29, 1.82) is 0 Å². The Bertz CT molecular complexity index is 2160. The molecule has 0 unspecified atom stereocenters. The van der Waals surface area contributed by atoms with E-state index < -0.39 is 17.5 Å². The number of hydrogen-bond donors (Lipinski definition) is 2. The van der Waals surface area contributed by atoms with Gasteiger partial charge in [-0.3, -0.25) is 19.4 Å². The SMILES string of the molecule is O=C1Nc2cc3c(n[nH]c3cc2F)OCn2c(CN3CCC(c4cccc(OCc5ccc(Cl)cc5F)n4)CC3)nc3cc1ccc32. The summed E-state index contributed by atoms with van der Waals surface area (Å²) >= 11 is 5.86. The minimum Gasteiger partial charge on any atom is -0.473 e. The number of aromatic amines is 1. The highest BCUT2D eigenvalue weighted by Gasteiger charge is 2.25. The number of pyridine rings is 1. The Balaban J connectivity index is 0.982. The van der Waals surface area contributed by atoms with Crippen molar-refractivity contribution in [2.24, 2.45) is 0 Å². The predicted molar refractivity (Wildman–Crippen MR) is 172 cm³/mol. The Morgan fingerprint density at radius 1 is 1.00 bits per heavy atom.